The number of hydrogen-bond acceptors (Lipinski definition) is 4. The van der Waals surface area contributed by atoms with Gasteiger partial charge in [0.05, 0.1) is 12.7 Å². The summed E-state index contributed by atoms with van der Waals surface area (Å²) in [5.74, 6) is 0.237. The number of hydrogen-bond donors (Lipinski definition) is 1. The van der Waals surface area contributed by atoms with Crippen molar-refractivity contribution in [2.75, 3.05) is 26.2 Å². The molecule has 4 heteroatoms. The summed E-state index contributed by atoms with van der Waals surface area (Å²) in [7, 11) is 0. The van der Waals surface area contributed by atoms with E-state index in [1.165, 1.54) is 0 Å². The fourth-order valence-electron chi connectivity index (χ4n) is 3.09. The Kier molecular flexibility index (Phi) is 6.87. The number of aliphatic hydroxyl groups is 1. The molecule has 0 saturated carbocycles. The number of carbonyl (C=O) groups excluding carboxylic acids is 1. The Balaban J connectivity index is 1.68. The normalized spacial score (nSPS) is 18.1. The van der Waals surface area contributed by atoms with E-state index in [4.69, 9.17) is 4.74 Å². The largest absolute Gasteiger partial charge is 0.466 e. The number of aliphatic hydroxyl groups excluding tert-OH is 1. The van der Waals surface area contributed by atoms with Gasteiger partial charge in [0.2, 0.25) is 0 Å². The van der Waals surface area contributed by atoms with Gasteiger partial charge in [-0.3, -0.25) is 4.79 Å². The minimum Gasteiger partial charge on any atom is -0.466 e. The second kappa shape index (κ2) is 8.91. The average molecular weight is 305 g/mol. The number of esters is 1. The van der Waals surface area contributed by atoms with Crippen molar-refractivity contribution in [3.05, 3.63) is 35.9 Å². The molecule has 1 heterocycles. The van der Waals surface area contributed by atoms with E-state index >= 15 is 0 Å². The smallest absolute Gasteiger partial charge is 0.305 e. The van der Waals surface area contributed by atoms with Gasteiger partial charge >= 0.3 is 5.97 Å². The Morgan fingerprint density at radius 3 is 2.64 bits per heavy atom. The van der Waals surface area contributed by atoms with E-state index in [-0.39, 0.29) is 12.1 Å². The van der Waals surface area contributed by atoms with E-state index in [0.717, 1.165) is 44.5 Å². The molecule has 4 nitrogen and oxygen atoms in total. The van der Waals surface area contributed by atoms with Crippen molar-refractivity contribution in [3.63, 3.8) is 0 Å². The van der Waals surface area contributed by atoms with E-state index in [1.54, 1.807) is 0 Å². The Labute approximate surface area is 133 Å². The molecular weight excluding hydrogens is 278 g/mol. The van der Waals surface area contributed by atoms with Gasteiger partial charge < -0.3 is 14.7 Å². The number of carbonyl (C=O) groups is 1. The highest BCUT2D eigenvalue weighted by atomic mass is 16.5. The van der Waals surface area contributed by atoms with Crippen LogP contribution < -0.4 is 0 Å². The molecule has 1 aromatic carbocycles. The highest BCUT2D eigenvalue weighted by Gasteiger charge is 2.25. The van der Waals surface area contributed by atoms with Gasteiger partial charge in [-0.2, -0.15) is 0 Å². The molecular formula is C18H27NO3. The van der Waals surface area contributed by atoms with Crippen molar-refractivity contribution < 1.29 is 14.6 Å². The lowest BCUT2D eigenvalue weighted by Gasteiger charge is -2.34. The molecule has 122 valence electrons. The highest BCUT2D eigenvalue weighted by molar-refractivity contribution is 5.69. The third kappa shape index (κ3) is 5.11. The van der Waals surface area contributed by atoms with Crippen LogP contribution >= 0.6 is 0 Å². The van der Waals surface area contributed by atoms with Gasteiger partial charge in [-0.15, -0.1) is 0 Å². The van der Waals surface area contributed by atoms with E-state index < -0.39 is 0 Å². The van der Waals surface area contributed by atoms with E-state index in [0.29, 0.717) is 18.9 Å². The first kappa shape index (κ1) is 17.0. The molecule has 0 bridgehead atoms. The summed E-state index contributed by atoms with van der Waals surface area (Å²) in [5, 5.41) is 10.5. The summed E-state index contributed by atoms with van der Waals surface area (Å²) < 4.78 is 4.94. The molecule has 0 aromatic heterocycles. The first-order valence-corrected chi connectivity index (χ1v) is 8.31. The summed E-state index contributed by atoms with van der Waals surface area (Å²) in [6, 6.07) is 9.92. The first-order valence-electron chi connectivity index (χ1n) is 8.31. The molecule has 1 aliphatic rings. The molecule has 1 saturated heterocycles. The summed E-state index contributed by atoms with van der Waals surface area (Å²) in [6.07, 6.45) is 3.01. The van der Waals surface area contributed by atoms with Gasteiger partial charge in [0, 0.05) is 6.42 Å². The maximum Gasteiger partial charge on any atom is 0.305 e. The number of rotatable bonds is 7. The van der Waals surface area contributed by atoms with Crippen molar-refractivity contribution in [2.45, 2.75) is 38.7 Å². The predicted molar refractivity (Wildman–Crippen MR) is 86.4 cm³/mol. The second-order valence-electron chi connectivity index (χ2n) is 5.94. The van der Waals surface area contributed by atoms with Gasteiger partial charge in [0.25, 0.3) is 0 Å². The summed E-state index contributed by atoms with van der Waals surface area (Å²) >= 11 is 0. The standard InChI is InChI=1S/C18H27NO3/c1-2-22-17(20)9-6-12-19-13-10-16(11-14-19)18(21)15-7-4-3-5-8-15/h3-5,7-8,16,18,21H,2,6,9-14H2,1H3. The molecule has 1 fully saturated rings. The van der Waals surface area contributed by atoms with E-state index in [2.05, 4.69) is 4.90 Å². The number of ether oxygens (including phenoxy) is 1. The van der Waals surface area contributed by atoms with Crippen molar-refractivity contribution in [2.24, 2.45) is 5.92 Å². The molecule has 1 aliphatic heterocycles. The molecule has 0 aliphatic carbocycles. The lowest BCUT2D eigenvalue weighted by Crippen LogP contribution is -2.36. The van der Waals surface area contributed by atoms with Crippen LogP contribution in [0.25, 0.3) is 0 Å². The molecule has 22 heavy (non-hydrogen) atoms. The molecule has 1 N–H and O–H groups in total. The maximum atomic E-state index is 11.3. The van der Waals surface area contributed by atoms with Crippen LogP contribution in [-0.4, -0.2) is 42.2 Å². The summed E-state index contributed by atoms with van der Waals surface area (Å²) in [5.41, 5.74) is 1.02. The number of benzene rings is 1. The zero-order valence-corrected chi connectivity index (χ0v) is 13.4. The molecule has 0 radical (unpaired) electrons. The quantitative estimate of drug-likeness (QED) is 0.787. The van der Waals surface area contributed by atoms with Crippen LogP contribution in [0.4, 0.5) is 0 Å². The van der Waals surface area contributed by atoms with Crippen LogP contribution in [0.3, 0.4) is 0 Å². The van der Waals surface area contributed by atoms with E-state index in [9.17, 15) is 9.90 Å². The van der Waals surface area contributed by atoms with Crippen molar-refractivity contribution in [3.8, 4) is 0 Å². The zero-order valence-electron chi connectivity index (χ0n) is 13.4. The summed E-state index contributed by atoms with van der Waals surface area (Å²) in [6.45, 7) is 5.23. The fourth-order valence-corrected chi connectivity index (χ4v) is 3.09. The Morgan fingerprint density at radius 2 is 2.00 bits per heavy atom. The third-order valence-electron chi connectivity index (χ3n) is 4.38. The molecule has 0 spiro atoms. The predicted octanol–water partition coefficient (Wildman–Crippen LogP) is 2.78. The lowest BCUT2D eigenvalue weighted by molar-refractivity contribution is -0.143. The van der Waals surface area contributed by atoms with Crippen molar-refractivity contribution in [1.82, 2.24) is 4.90 Å². The molecule has 1 unspecified atom stereocenters. The monoisotopic (exact) mass is 305 g/mol. The summed E-state index contributed by atoms with van der Waals surface area (Å²) in [4.78, 5) is 13.7. The van der Waals surface area contributed by atoms with Gasteiger partial charge in [-0.25, -0.2) is 0 Å². The second-order valence-corrected chi connectivity index (χ2v) is 5.94. The third-order valence-corrected chi connectivity index (χ3v) is 4.38. The average Bonchev–Trinajstić information content (AvgIpc) is 2.56. The van der Waals surface area contributed by atoms with Crippen LogP contribution in [0.1, 0.15) is 44.3 Å². The van der Waals surface area contributed by atoms with Crippen LogP contribution in [-0.2, 0) is 9.53 Å². The van der Waals surface area contributed by atoms with Crippen LogP contribution in [0.2, 0.25) is 0 Å². The Morgan fingerprint density at radius 1 is 1.32 bits per heavy atom. The van der Waals surface area contributed by atoms with Crippen molar-refractivity contribution in [1.29, 1.82) is 0 Å². The topological polar surface area (TPSA) is 49.8 Å². The fraction of sp³-hybridized carbons (Fsp3) is 0.611. The van der Waals surface area contributed by atoms with Crippen LogP contribution in [0.15, 0.2) is 30.3 Å². The molecule has 2 rings (SSSR count). The van der Waals surface area contributed by atoms with Crippen LogP contribution in [0, 0.1) is 5.92 Å². The van der Waals surface area contributed by atoms with Gasteiger partial charge in [-0.1, -0.05) is 30.3 Å². The minimum atomic E-state index is -0.358. The molecule has 1 atom stereocenters. The number of piperidine rings is 1. The van der Waals surface area contributed by atoms with Crippen molar-refractivity contribution >= 4 is 5.97 Å². The van der Waals surface area contributed by atoms with Crippen LogP contribution in [0.5, 0.6) is 0 Å². The van der Waals surface area contributed by atoms with E-state index in [1.807, 2.05) is 37.3 Å². The van der Waals surface area contributed by atoms with Gasteiger partial charge in [-0.05, 0) is 57.3 Å². The highest BCUT2D eigenvalue weighted by Crippen LogP contribution is 2.30. The molecule has 0 amide bonds. The first-order chi connectivity index (χ1) is 10.7. The maximum absolute atomic E-state index is 11.3. The number of likely N-dealkylation sites (tertiary alicyclic amines) is 1. The minimum absolute atomic E-state index is 0.100. The Bertz CT molecular complexity index is 441. The Hall–Kier alpha value is -1.39. The molecule has 1 aromatic rings. The van der Waals surface area contributed by atoms with Gasteiger partial charge in [0.1, 0.15) is 0 Å². The zero-order chi connectivity index (χ0) is 15.8. The SMILES string of the molecule is CCOC(=O)CCCN1CCC(C(O)c2ccccc2)CC1. The van der Waals surface area contributed by atoms with Gasteiger partial charge in [0.15, 0.2) is 0 Å². The lowest BCUT2D eigenvalue weighted by atomic mass is 9.87. The number of nitrogens with zero attached hydrogens (tertiary/aromatic N) is 1.